The number of hydrogen-bond donors (Lipinski definition) is 2. The van der Waals surface area contributed by atoms with Crippen molar-refractivity contribution in [3.05, 3.63) is 48.6 Å². The van der Waals surface area contributed by atoms with Gasteiger partial charge in [-0.1, -0.05) is 24.8 Å². The minimum atomic E-state index is -0.993. The highest BCUT2D eigenvalue weighted by Gasteiger charge is 2.06. The fraction of sp³-hybridized carbons (Fsp3) is 0.100. The Morgan fingerprint density at radius 2 is 2.08 bits per heavy atom. The van der Waals surface area contributed by atoms with E-state index in [1.165, 1.54) is 6.08 Å². The van der Waals surface area contributed by atoms with E-state index in [1.807, 2.05) is 6.07 Å². The molecule has 1 atom stereocenters. The van der Waals surface area contributed by atoms with Crippen LogP contribution in [-0.4, -0.2) is 17.2 Å². The van der Waals surface area contributed by atoms with E-state index >= 15 is 0 Å². The molecule has 0 aliphatic carbocycles. The lowest BCUT2D eigenvalue weighted by atomic mass is 10.2. The molecule has 0 saturated carbocycles. The second kappa shape index (κ2) is 4.42. The molecular formula is C10H11NO2. The Bertz CT molecular complexity index is 295. The molecule has 1 aromatic rings. The third kappa shape index (κ3) is 2.72. The molecule has 2 N–H and O–H groups in total. The molecule has 1 rings (SSSR count). The van der Waals surface area contributed by atoms with Crippen LogP contribution in [0.3, 0.4) is 0 Å². The monoisotopic (exact) mass is 177 g/mol. The standard InChI is InChI=1S/C10H11NO2/c1-2-9(12)11-10(13)8-6-4-3-5-7-8/h2-7,9,12H,1H2,(H,11,13). The maximum absolute atomic E-state index is 11.3. The number of hydrogen-bond acceptors (Lipinski definition) is 2. The molecule has 3 nitrogen and oxygen atoms in total. The van der Waals surface area contributed by atoms with E-state index in [1.54, 1.807) is 24.3 Å². The average Bonchev–Trinajstić information content (AvgIpc) is 2.19. The van der Waals surface area contributed by atoms with E-state index in [0.29, 0.717) is 5.56 Å². The predicted molar refractivity (Wildman–Crippen MR) is 50.1 cm³/mol. The van der Waals surface area contributed by atoms with Gasteiger partial charge in [0.15, 0.2) is 0 Å². The quantitative estimate of drug-likeness (QED) is 0.533. The van der Waals surface area contributed by atoms with E-state index in [2.05, 4.69) is 11.9 Å². The van der Waals surface area contributed by atoms with Gasteiger partial charge in [-0.25, -0.2) is 0 Å². The van der Waals surface area contributed by atoms with Gasteiger partial charge >= 0.3 is 0 Å². The lowest BCUT2D eigenvalue weighted by molar-refractivity contribution is 0.0855. The molecule has 0 radical (unpaired) electrons. The molecule has 3 heteroatoms. The third-order valence-electron chi connectivity index (χ3n) is 1.54. The minimum absolute atomic E-state index is 0.312. The number of aliphatic hydroxyl groups is 1. The van der Waals surface area contributed by atoms with E-state index in [9.17, 15) is 4.79 Å². The van der Waals surface area contributed by atoms with E-state index < -0.39 is 6.23 Å². The summed E-state index contributed by atoms with van der Waals surface area (Å²) in [6.45, 7) is 3.34. The van der Waals surface area contributed by atoms with Gasteiger partial charge in [-0.15, -0.1) is 0 Å². The van der Waals surface area contributed by atoms with Gasteiger partial charge in [0.2, 0.25) is 0 Å². The van der Waals surface area contributed by atoms with Crippen LogP contribution >= 0.6 is 0 Å². The van der Waals surface area contributed by atoms with Gasteiger partial charge in [0.05, 0.1) is 0 Å². The number of amides is 1. The van der Waals surface area contributed by atoms with Crippen LogP contribution < -0.4 is 5.32 Å². The van der Waals surface area contributed by atoms with Crippen molar-refractivity contribution < 1.29 is 9.90 Å². The smallest absolute Gasteiger partial charge is 0.253 e. The first-order valence-electron chi connectivity index (χ1n) is 3.90. The van der Waals surface area contributed by atoms with Crippen LogP contribution in [0.1, 0.15) is 10.4 Å². The van der Waals surface area contributed by atoms with Crippen molar-refractivity contribution in [1.82, 2.24) is 5.32 Å². The fourth-order valence-corrected chi connectivity index (χ4v) is 0.866. The second-order valence-electron chi connectivity index (χ2n) is 2.52. The minimum Gasteiger partial charge on any atom is -0.370 e. The van der Waals surface area contributed by atoms with Gasteiger partial charge < -0.3 is 10.4 Å². The van der Waals surface area contributed by atoms with Crippen LogP contribution in [0.25, 0.3) is 0 Å². The molecule has 13 heavy (non-hydrogen) atoms. The SMILES string of the molecule is C=CC(O)NC(=O)c1ccccc1. The Morgan fingerprint density at radius 1 is 1.46 bits per heavy atom. The molecule has 0 heterocycles. The van der Waals surface area contributed by atoms with E-state index in [-0.39, 0.29) is 5.91 Å². The predicted octanol–water partition coefficient (Wildman–Crippen LogP) is 0.921. The molecule has 0 spiro atoms. The number of rotatable bonds is 3. The molecule has 0 bridgehead atoms. The highest BCUT2D eigenvalue weighted by atomic mass is 16.3. The molecule has 0 fully saturated rings. The van der Waals surface area contributed by atoms with Crippen molar-refractivity contribution in [3.63, 3.8) is 0 Å². The van der Waals surface area contributed by atoms with Crippen molar-refractivity contribution in [3.8, 4) is 0 Å². The van der Waals surface area contributed by atoms with Crippen molar-refractivity contribution in [2.45, 2.75) is 6.23 Å². The van der Waals surface area contributed by atoms with Crippen molar-refractivity contribution in [1.29, 1.82) is 0 Å². The van der Waals surface area contributed by atoms with Crippen LogP contribution in [0, 0.1) is 0 Å². The van der Waals surface area contributed by atoms with Crippen LogP contribution in [0.5, 0.6) is 0 Å². The summed E-state index contributed by atoms with van der Waals surface area (Å²) in [6.07, 6.45) is 0.258. The Labute approximate surface area is 76.7 Å². The van der Waals surface area contributed by atoms with Crippen molar-refractivity contribution >= 4 is 5.91 Å². The first-order valence-corrected chi connectivity index (χ1v) is 3.90. The zero-order valence-corrected chi connectivity index (χ0v) is 7.10. The summed E-state index contributed by atoms with van der Waals surface area (Å²) in [7, 11) is 0. The Kier molecular flexibility index (Phi) is 3.23. The molecule has 0 saturated heterocycles. The zero-order chi connectivity index (χ0) is 9.68. The topological polar surface area (TPSA) is 49.3 Å². The number of carbonyl (C=O) groups is 1. The molecule has 1 unspecified atom stereocenters. The van der Waals surface area contributed by atoms with Crippen LogP contribution in [-0.2, 0) is 0 Å². The third-order valence-corrected chi connectivity index (χ3v) is 1.54. The fourth-order valence-electron chi connectivity index (χ4n) is 0.866. The number of aliphatic hydroxyl groups excluding tert-OH is 1. The second-order valence-corrected chi connectivity index (χ2v) is 2.52. The normalized spacial score (nSPS) is 11.8. The first-order chi connectivity index (χ1) is 6.24. The van der Waals surface area contributed by atoms with Crippen molar-refractivity contribution in [2.75, 3.05) is 0 Å². The van der Waals surface area contributed by atoms with Crippen LogP contribution in [0.15, 0.2) is 43.0 Å². The van der Waals surface area contributed by atoms with Gasteiger partial charge in [-0.2, -0.15) is 0 Å². The lowest BCUT2D eigenvalue weighted by Gasteiger charge is -2.07. The van der Waals surface area contributed by atoms with Gasteiger partial charge in [-0.3, -0.25) is 4.79 Å². The van der Waals surface area contributed by atoms with E-state index in [0.717, 1.165) is 0 Å². The summed E-state index contributed by atoms with van der Waals surface area (Å²) < 4.78 is 0. The number of carbonyl (C=O) groups excluding carboxylic acids is 1. The largest absolute Gasteiger partial charge is 0.370 e. The average molecular weight is 177 g/mol. The summed E-state index contributed by atoms with van der Waals surface area (Å²) in [5.41, 5.74) is 0.517. The number of benzene rings is 1. The molecule has 68 valence electrons. The van der Waals surface area contributed by atoms with Crippen LogP contribution in [0.4, 0.5) is 0 Å². The summed E-state index contributed by atoms with van der Waals surface area (Å²) in [5.74, 6) is -0.312. The Balaban J connectivity index is 2.64. The highest BCUT2D eigenvalue weighted by molar-refractivity contribution is 5.94. The molecule has 0 aliphatic heterocycles. The maximum atomic E-state index is 11.3. The molecule has 1 aromatic carbocycles. The van der Waals surface area contributed by atoms with Gasteiger partial charge in [0, 0.05) is 5.56 Å². The molecule has 0 aromatic heterocycles. The molecule has 1 amide bonds. The maximum Gasteiger partial charge on any atom is 0.253 e. The van der Waals surface area contributed by atoms with Crippen LogP contribution in [0.2, 0.25) is 0 Å². The van der Waals surface area contributed by atoms with Crippen molar-refractivity contribution in [2.24, 2.45) is 0 Å². The van der Waals surface area contributed by atoms with Gasteiger partial charge in [0.1, 0.15) is 6.23 Å². The summed E-state index contributed by atoms with van der Waals surface area (Å²) in [5, 5.41) is 11.4. The lowest BCUT2D eigenvalue weighted by Crippen LogP contribution is -2.32. The Hall–Kier alpha value is -1.61. The molecule has 0 aliphatic rings. The van der Waals surface area contributed by atoms with Gasteiger partial charge in [0.25, 0.3) is 5.91 Å². The summed E-state index contributed by atoms with van der Waals surface area (Å²) in [4.78, 5) is 11.3. The number of nitrogens with one attached hydrogen (secondary N) is 1. The Morgan fingerprint density at radius 3 is 2.62 bits per heavy atom. The van der Waals surface area contributed by atoms with E-state index in [4.69, 9.17) is 5.11 Å². The summed E-state index contributed by atoms with van der Waals surface area (Å²) >= 11 is 0. The highest BCUT2D eigenvalue weighted by Crippen LogP contribution is 1.98. The summed E-state index contributed by atoms with van der Waals surface area (Å²) in [6, 6.07) is 8.68. The molecular weight excluding hydrogens is 166 g/mol. The first kappa shape index (κ1) is 9.48. The zero-order valence-electron chi connectivity index (χ0n) is 7.10. The van der Waals surface area contributed by atoms with Gasteiger partial charge in [-0.05, 0) is 18.2 Å².